The number of nitrogens with zero attached hydrogens (tertiary/aromatic N) is 2. The lowest BCUT2D eigenvalue weighted by Crippen LogP contribution is -2.51. The third-order valence-corrected chi connectivity index (χ3v) is 8.80. The van der Waals surface area contributed by atoms with Crippen LogP contribution in [0.5, 0.6) is 5.75 Å². The van der Waals surface area contributed by atoms with E-state index in [0.29, 0.717) is 48.6 Å². The van der Waals surface area contributed by atoms with Crippen LogP contribution in [0, 0.1) is 24.7 Å². The topological polar surface area (TPSA) is 175 Å². The van der Waals surface area contributed by atoms with E-state index in [1.54, 1.807) is 25.1 Å². The lowest BCUT2D eigenvalue weighted by molar-refractivity contribution is -0.125. The number of likely N-dealkylation sites (N-methyl/N-ethyl adjacent to an activating group) is 1. The number of amides is 1. The second-order valence-electron chi connectivity index (χ2n) is 11.7. The SMILES string of the molecule is Cc1cc(CNCc2ccc(-c3ccc(O)c4c3CC3CC5C(CC(C(N)=O)=C(O)[C@H]5N(C)C)C(=O)C3=C4O)o2)no1. The van der Waals surface area contributed by atoms with E-state index in [-0.39, 0.29) is 58.0 Å². The molecule has 6 rings (SSSR count). The predicted octanol–water partition coefficient (Wildman–Crippen LogP) is 3.52. The van der Waals surface area contributed by atoms with Gasteiger partial charge in [-0.15, -0.1) is 0 Å². The Morgan fingerprint density at radius 3 is 2.62 bits per heavy atom. The predicted molar refractivity (Wildman–Crippen MR) is 152 cm³/mol. The molecule has 6 N–H and O–H groups in total. The average molecular weight is 575 g/mol. The highest BCUT2D eigenvalue weighted by atomic mass is 16.5. The highest BCUT2D eigenvalue weighted by Gasteiger charge is 2.52. The number of aryl methyl sites for hydroxylation is 1. The molecule has 4 atom stereocenters. The standard InChI is InChI=1S/C31H34N4O7/c1-14-8-16(34-42-14)12-33-13-17-4-7-24(41-17)18-5-6-23(36)26-19(18)9-15-10-20-21(28(37)25(15)30(26)39)11-22(31(32)40)29(38)27(20)35(2)3/h4-8,15,20-21,27,33,36,38-39H,9-13H2,1-3H3,(H2,32,40)/t15?,20?,21?,27-/m0/s1. The molecule has 0 radical (unpaired) electrons. The molecule has 3 aromatic rings. The van der Waals surface area contributed by atoms with E-state index in [4.69, 9.17) is 14.7 Å². The van der Waals surface area contributed by atoms with E-state index in [1.807, 2.05) is 25.1 Å². The van der Waals surface area contributed by atoms with E-state index >= 15 is 0 Å². The smallest absolute Gasteiger partial charge is 0.248 e. The molecule has 2 heterocycles. The van der Waals surface area contributed by atoms with Gasteiger partial charge in [-0.05, 0) is 81.9 Å². The molecule has 3 unspecified atom stereocenters. The summed E-state index contributed by atoms with van der Waals surface area (Å²) in [5.41, 5.74) is 8.27. The van der Waals surface area contributed by atoms with Gasteiger partial charge in [-0.25, -0.2) is 0 Å². The van der Waals surface area contributed by atoms with Crippen LogP contribution in [0.3, 0.4) is 0 Å². The van der Waals surface area contributed by atoms with Crippen molar-refractivity contribution < 1.29 is 33.8 Å². The third kappa shape index (κ3) is 4.58. The number of allylic oxidation sites excluding steroid dienone is 1. The number of nitrogens with two attached hydrogens (primary N) is 1. The van der Waals surface area contributed by atoms with Crippen molar-refractivity contribution in [3.8, 4) is 17.1 Å². The number of aromatic nitrogens is 1. The van der Waals surface area contributed by atoms with Gasteiger partial charge < -0.3 is 35.3 Å². The number of phenols is 1. The monoisotopic (exact) mass is 574 g/mol. The number of fused-ring (bicyclic) bond motifs is 3. The van der Waals surface area contributed by atoms with Crippen LogP contribution in [0.2, 0.25) is 0 Å². The van der Waals surface area contributed by atoms with Gasteiger partial charge in [0.1, 0.15) is 34.5 Å². The molecule has 0 spiro atoms. The summed E-state index contributed by atoms with van der Waals surface area (Å²) < 4.78 is 11.2. The molecule has 220 valence electrons. The second-order valence-corrected chi connectivity index (χ2v) is 11.7. The fourth-order valence-corrected chi connectivity index (χ4v) is 7.01. The molecule has 0 bridgehead atoms. The number of hydrogen-bond donors (Lipinski definition) is 5. The quantitative estimate of drug-likeness (QED) is 0.281. The summed E-state index contributed by atoms with van der Waals surface area (Å²) >= 11 is 0. The number of aromatic hydroxyl groups is 1. The molecule has 42 heavy (non-hydrogen) atoms. The van der Waals surface area contributed by atoms with Crippen LogP contribution in [0.1, 0.15) is 41.2 Å². The Labute approximate surface area is 242 Å². The Morgan fingerprint density at radius 2 is 1.93 bits per heavy atom. The minimum atomic E-state index is -0.761. The molecule has 2 aromatic heterocycles. The number of aliphatic hydroxyl groups is 2. The summed E-state index contributed by atoms with van der Waals surface area (Å²) in [5.74, 6) is -0.762. The minimum absolute atomic E-state index is 0.0108. The molecule has 1 saturated carbocycles. The maximum absolute atomic E-state index is 13.9. The van der Waals surface area contributed by atoms with Gasteiger partial charge in [-0.2, -0.15) is 0 Å². The van der Waals surface area contributed by atoms with Crippen molar-refractivity contribution >= 4 is 17.4 Å². The summed E-state index contributed by atoms with van der Waals surface area (Å²) in [6.07, 6.45) is 0.898. The van der Waals surface area contributed by atoms with E-state index in [0.717, 1.165) is 11.5 Å². The Bertz CT molecular complexity index is 1650. The van der Waals surface area contributed by atoms with Gasteiger partial charge in [0.25, 0.3) is 0 Å². The summed E-state index contributed by atoms with van der Waals surface area (Å²) in [5, 5.41) is 40.5. The molecular formula is C31H34N4O7. The van der Waals surface area contributed by atoms with Crippen molar-refractivity contribution in [2.45, 2.75) is 45.3 Å². The van der Waals surface area contributed by atoms with Crippen LogP contribution in [0.15, 0.2) is 56.2 Å². The first kappa shape index (κ1) is 27.8. The summed E-state index contributed by atoms with van der Waals surface area (Å²) in [6.45, 7) is 2.81. The number of hydrogen-bond acceptors (Lipinski definition) is 10. The molecule has 0 aliphatic heterocycles. The van der Waals surface area contributed by atoms with Gasteiger partial charge in [0.2, 0.25) is 5.91 Å². The van der Waals surface area contributed by atoms with Crippen LogP contribution in [-0.2, 0) is 29.1 Å². The Kier molecular flexibility index (Phi) is 6.94. The zero-order valence-corrected chi connectivity index (χ0v) is 23.7. The normalized spacial score (nSPS) is 23.7. The van der Waals surface area contributed by atoms with Gasteiger partial charge in [0.15, 0.2) is 5.78 Å². The first-order chi connectivity index (χ1) is 20.0. The van der Waals surface area contributed by atoms with Crippen LogP contribution >= 0.6 is 0 Å². The molecular weight excluding hydrogens is 540 g/mol. The van der Waals surface area contributed by atoms with E-state index < -0.39 is 17.9 Å². The fourth-order valence-electron chi connectivity index (χ4n) is 7.01. The fraction of sp³-hybridized carbons (Fsp3) is 0.387. The van der Waals surface area contributed by atoms with Gasteiger partial charge in [-0.3, -0.25) is 14.5 Å². The number of rotatable bonds is 7. The van der Waals surface area contributed by atoms with Gasteiger partial charge >= 0.3 is 0 Å². The number of phenolic OH excluding ortho intramolecular Hbond substituents is 1. The highest BCUT2D eigenvalue weighted by Crippen LogP contribution is 2.52. The Morgan fingerprint density at radius 1 is 1.14 bits per heavy atom. The van der Waals surface area contributed by atoms with Crippen molar-refractivity contribution in [3.63, 3.8) is 0 Å². The van der Waals surface area contributed by atoms with Crippen LogP contribution in [-0.4, -0.2) is 57.2 Å². The largest absolute Gasteiger partial charge is 0.510 e. The first-order valence-electron chi connectivity index (χ1n) is 14.0. The zero-order chi connectivity index (χ0) is 29.9. The summed E-state index contributed by atoms with van der Waals surface area (Å²) in [6, 6.07) is 8.25. The summed E-state index contributed by atoms with van der Waals surface area (Å²) in [4.78, 5) is 27.8. The molecule has 1 aromatic carbocycles. The number of ketones is 1. The number of furan rings is 1. The number of Topliss-reactive ketones (excluding diaryl/α,β-unsaturated/α-hetero) is 1. The van der Waals surface area contributed by atoms with Gasteiger partial charge in [0, 0.05) is 29.7 Å². The van der Waals surface area contributed by atoms with Crippen LogP contribution in [0.25, 0.3) is 17.1 Å². The number of benzene rings is 1. The molecule has 11 nitrogen and oxygen atoms in total. The van der Waals surface area contributed by atoms with Crippen molar-refractivity contribution in [2.75, 3.05) is 14.1 Å². The van der Waals surface area contributed by atoms with Crippen molar-refractivity contribution in [1.29, 1.82) is 0 Å². The number of carbonyl (C=O) groups excluding carboxylic acids is 2. The molecule has 3 aliphatic rings. The Hall–Kier alpha value is -4.35. The number of nitrogens with one attached hydrogen (secondary N) is 1. The number of aliphatic hydroxyl groups excluding tert-OH is 2. The van der Waals surface area contributed by atoms with E-state index in [2.05, 4.69) is 10.5 Å². The first-order valence-corrected chi connectivity index (χ1v) is 14.0. The highest BCUT2D eigenvalue weighted by molar-refractivity contribution is 6.07. The maximum atomic E-state index is 13.9. The lowest BCUT2D eigenvalue weighted by atomic mass is 9.59. The number of primary amides is 1. The molecule has 0 saturated heterocycles. The van der Waals surface area contributed by atoms with Crippen LogP contribution in [0.4, 0.5) is 0 Å². The van der Waals surface area contributed by atoms with Crippen LogP contribution < -0.4 is 11.1 Å². The maximum Gasteiger partial charge on any atom is 0.248 e. The van der Waals surface area contributed by atoms with Gasteiger partial charge in [0.05, 0.1) is 29.4 Å². The Balaban J connectivity index is 1.32. The lowest BCUT2D eigenvalue weighted by Gasteiger charge is -2.47. The molecule has 1 amide bonds. The van der Waals surface area contributed by atoms with Crippen molar-refractivity contribution in [2.24, 2.45) is 23.5 Å². The summed E-state index contributed by atoms with van der Waals surface area (Å²) in [7, 11) is 3.58. The third-order valence-electron chi connectivity index (χ3n) is 8.80. The minimum Gasteiger partial charge on any atom is -0.510 e. The van der Waals surface area contributed by atoms with E-state index in [9.17, 15) is 24.9 Å². The molecule has 3 aliphatic carbocycles. The average Bonchev–Trinajstić information content (AvgIpc) is 3.57. The van der Waals surface area contributed by atoms with Crippen molar-refractivity contribution in [1.82, 2.24) is 15.4 Å². The zero-order valence-electron chi connectivity index (χ0n) is 23.7. The molecule has 11 heteroatoms. The van der Waals surface area contributed by atoms with Gasteiger partial charge in [-0.1, -0.05) is 5.16 Å². The molecule has 1 fully saturated rings. The van der Waals surface area contributed by atoms with E-state index in [1.165, 1.54) is 6.07 Å². The number of carbonyl (C=O) groups is 2. The second kappa shape index (κ2) is 10.5. The van der Waals surface area contributed by atoms with Crippen molar-refractivity contribution in [3.05, 3.63) is 75.6 Å².